The molecule has 1 heterocycles. The molecule has 3 aromatic carbocycles. The van der Waals surface area contributed by atoms with Gasteiger partial charge in [-0.2, -0.15) is 5.26 Å². The topological polar surface area (TPSA) is 45.9 Å². The normalized spacial score (nSPS) is 10.8. The fourth-order valence-corrected chi connectivity index (χ4v) is 2.88. The predicted molar refractivity (Wildman–Crippen MR) is 113 cm³/mol. The number of benzene rings is 3. The summed E-state index contributed by atoms with van der Waals surface area (Å²) >= 11 is 0. The zero-order chi connectivity index (χ0) is 19.2. The van der Waals surface area contributed by atoms with Crippen LogP contribution in [0.25, 0.3) is 23.1 Å². The number of nitrogens with zero attached hydrogens (tertiary/aromatic N) is 2. The Hall–Kier alpha value is -3.90. The van der Waals surface area contributed by atoms with Crippen LogP contribution in [0, 0.1) is 11.3 Å². The molecule has 134 valence electrons. The summed E-state index contributed by atoms with van der Waals surface area (Å²) in [5, 5.41) is 9.97. The first-order valence-corrected chi connectivity index (χ1v) is 9.06. The van der Waals surface area contributed by atoms with Crippen molar-refractivity contribution in [3.63, 3.8) is 0 Å². The van der Waals surface area contributed by atoms with Crippen molar-refractivity contribution in [2.75, 3.05) is 0 Å². The van der Waals surface area contributed by atoms with E-state index in [2.05, 4.69) is 23.2 Å². The Morgan fingerprint density at radius 1 is 0.786 bits per heavy atom. The fourth-order valence-electron chi connectivity index (χ4n) is 2.88. The Kier molecular flexibility index (Phi) is 5.13. The number of fused-ring (bicyclic) bond motifs is 1. The lowest BCUT2D eigenvalue weighted by atomic mass is 10.1. The van der Waals surface area contributed by atoms with Crippen molar-refractivity contribution in [2.45, 2.75) is 6.61 Å². The number of nitriles is 1. The van der Waals surface area contributed by atoms with E-state index in [4.69, 9.17) is 10.00 Å². The first-order valence-electron chi connectivity index (χ1n) is 9.06. The van der Waals surface area contributed by atoms with Gasteiger partial charge in [-0.3, -0.25) is 0 Å². The second kappa shape index (κ2) is 8.20. The molecule has 3 nitrogen and oxygen atoms in total. The predicted octanol–water partition coefficient (Wildman–Crippen LogP) is 5.86. The molecule has 0 saturated carbocycles. The molecule has 4 aromatic rings. The van der Waals surface area contributed by atoms with Gasteiger partial charge >= 0.3 is 0 Å². The number of rotatable bonds is 5. The van der Waals surface area contributed by atoms with E-state index in [-0.39, 0.29) is 0 Å². The first kappa shape index (κ1) is 17.5. The van der Waals surface area contributed by atoms with Crippen molar-refractivity contribution in [3.05, 3.63) is 107 Å². The largest absolute Gasteiger partial charge is 0.487 e. The minimum atomic E-state index is 0.436. The molecule has 0 unspecified atom stereocenters. The average molecular weight is 362 g/mol. The molecule has 4 rings (SSSR count). The van der Waals surface area contributed by atoms with Gasteiger partial charge in [0.25, 0.3) is 0 Å². The van der Waals surface area contributed by atoms with E-state index in [9.17, 15) is 0 Å². The van der Waals surface area contributed by atoms with Crippen LogP contribution >= 0.6 is 0 Å². The van der Waals surface area contributed by atoms with E-state index in [0.29, 0.717) is 12.2 Å². The van der Waals surface area contributed by atoms with E-state index >= 15 is 0 Å². The van der Waals surface area contributed by atoms with Crippen LogP contribution < -0.4 is 4.74 Å². The SMILES string of the molecule is N#Cc1ccc(C=Cc2ccc(OCc3ccc4ccccc4n3)cc2)cc1. The molecule has 0 N–H and O–H groups in total. The van der Waals surface area contributed by atoms with Crippen molar-refractivity contribution in [3.8, 4) is 11.8 Å². The van der Waals surface area contributed by atoms with Gasteiger partial charge in [-0.25, -0.2) is 4.98 Å². The Bertz CT molecular complexity index is 1150. The van der Waals surface area contributed by atoms with Crippen LogP contribution in [-0.2, 0) is 6.61 Å². The maximum Gasteiger partial charge on any atom is 0.130 e. The molecular weight excluding hydrogens is 344 g/mol. The monoisotopic (exact) mass is 362 g/mol. The quantitative estimate of drug-likeness (QED) is 0.418. The smallest absolute Gasteiger partial charge is 0.130 e. The van der Waals surface area contributed by atoms with Gasteiger partial charge < -0.3 is 4.74 Å². The highest BCUT2D eigenvalue weighted by molar-refractivity contribution is 5.78. The van der Waals surface area contributed by atoms with Crippen LogP contribution in [0.5, 0.6) is 5.75 Å². The highest BCUT2D eigenvalue weighted by Crippen LogP contribution is 2.17. The lowest BCUT2D eigenvalue weighted by Crippen LogP contribution is -1.98. The third-order valence-corrected chi connectivity index (χ3v) is 4.43. The number of ether oxygens (including phenoxy) is 1. The summed E-state index contributed by atoms with van der Waals surface area (Å²) in [5.74, 6) is 0.811. The standard InChI is InChI=1S/C25H18N2O/c26-17-21-9-7-19(8-10-21)5-6-20-11-15-24(16-12-20)28-18-23-14-13-22-3-1-2-4-25(22)27-23/h1-16H,18H2. The molecule has 0 aliphatic rings. The number of pyridine rings is 1. The second-order valence-electron chi connectivity index (χ2n) is 6.42. The molecule has 1 aromatic heterocycles. The average Bonchev–Trinajstić information content (AvgIpc) is 2.77. The van der Waals surface area contributed by atoms with Crippen LogP contribution in [0.1, 0.15) is 22.4 Å². The van der Waals surface area contributed by atoms with Crippen LogP contribution in [0.15, 0.2) is 84.9 Å². The lowest BCUT2D eigenvalue weighted by Gasteiger charge is -2.07. The molecule has 0 amide bonds. The molecule has 0 fully saturated rings. The molecule has 28 heavy (non-hydrogen) atoms. The van der Waals surface area contributed by atoms with Gasteiger partial charge in [-0.15, -0.1) is 0 Å². The number of hydrogen-bond donors (Lipinski definition) is 0. The molecule has 0 radical (unpaired) electrons. The number of para-hydroxylation sites is 1. The van der Waals surface area contributed by atoms with Crippen molar-refractivity contribution >= 4 is 23.1 Å². The van der Waals surface area contributed by atoms with Crippen LogP contribution in [0.4, 0.5) is 0 Å². The van der Waals surface area contributed by atoms with Gasteiger partial charge in [0.15, 0.2) is 0 Å². The van der Waals surface area contributed by atoms with Crippen molar-refractivity contribution in [2.24, 2.45) is 0 Å². The molecule has 3 heteroatoms. The third-order valence-electron chi connectivity index (χ3n) is 4.43. The molecule has 0 aliphatic carbocycles. The maximum absolute atomic E-state index is 8.84. The second-order valence-corrected chi connectivity index (χ2v) is 6.42. The van der Waals surface area contributed by atoms with E-state index in [1.807, 2.05) is 84.9 Å². The summed E-state index contributed by atoms with van der Waals surface area (Å²) in [6.07, 6.45) is 4.06. The lowest BCUT2D eigenvalue weighted by molar-refractivity contribution is 0.302. The molecule has 0 atom stereocenters. The highest BCUT2D eigenvalue weighted by Gasteiger charge is 2.00. The zero-order valence-corrected chi connectivity index (χ0v) is 15.2. The fraction of sp³-hybridized carbons (Fsp3) is 0.0400. The van der Waals surface area contributed by atoms with Crippen molar-refractivity contribution in [1.29, 1.82) is 5.26 Å². The van der Waals surface area contributed by atoms with Gasteiger partial charge in [-0.05, 0) is 47.5 Å². The molecule has 0 saturated heterocycles. The van der Waals surface area contributed by atoms with Crippen molar-refractivity contribution in [1.82, 2.24) is 4.98 Å². The summed E-state index contributed by atoms with van der Waals surface area (Å²) in [4.78, 5) is 4.63. The van der Waals surface area contributed by atoms with E-state index in [1.54, 1.807) is 0 Å². The maximum atomic E-state index is 8.84. The molecular formula is C25H18N2O. The minimum absolute atomic E-state index is 0.436. The first-order chi connectivity index (χ1) is 13.8. The summed E-state index contributed by atoms with van der Waals surface area (Å²) < 4.78 is 5.87. The van der Waals surface area contributed by atoms with Crippen LogP contribution in [0.3, 0.4) is 0 Å². The van der Waals surface area contributed by atoms with Gasteiger partial charge in [0.2, 0.25) is 0 Å². The molecule has 0 bridgehead atoms. The number of hydrogen-bond acceptors (Lipinski definition) is 3. The van der Waals surface area contributed by atoms with E-state index in [0.717, 1.165) is 33.5 Å². The minimum Gasteiger partial charge on any atom is -0.487 e. The Morgan fingerprint density at radius 3 is 2.18 bits per heavy atom. The molecule has 0 spiro atoms. The third kappa shape index (κ3) is 4.25. The Labute approximate surface area is 164 Å². The summed E-state index contributed by atoms with van der Waals surface area (Å²) in [5.41, 5.74) is 4.69. The number of aromatic nitrogens is 1. The van der Waals surface area contributed by atoms with E-state index < -0.39 is 0 Å². The summed E-state index contributed by atoms with van der Waals surface area (Å²) in [6.45, 7) is 0.436. The van der Waals surface area contributed by atoms with Crippen molar-refractivity contribution < 1.29 is 4.74 Å². The van der Waals surface area contributed by atoms with Gasteiger partial charge in [0.1, 0.15) is 12.4 Å². The zero-order valence-electron chi connectivity index (χ0n) is 15.2. The molecule has 0 aliphatic heterocycles. The van der Waals surface area contributed by atoms with Gasteiger partial charge in [0, 0.05) is 5.39 Å². The van der Waals surface area contributed by atoms with Crippen LogP contribution in [0.2, 0.25) is 0 Å². The Balaban J connectivity index is 1.38. The van der Waals surface area contributed by atoms with Gasteiger partial charge in [-0.1, -0.05) is 60.7 Å². The summed E-state index contributed by atoms with van der Waals surface area (Å²) in [6, 6.07) is 29.7. The summed E-state index contributed by atoms with van der Waals surface area (Å²) in [7, 11) is 0. The highest BCUT2D eigenvalue weighted by atomic mass is 16.5. The Morgan fingerprint density at radius 2 is 1.46 bits per heavy atom. The van der Waals surface area contributed by atoms with E-state index in [1.165, 1.54) is 0 Å². The van der Waals surface area contributed by atoms with Gasteiger partial charge in [0.05, 0.1) is 22.8 Å². The van der Waals surface area contributed by atoms with Crippen LogP contribution in [-0.4, -0.2) is 4.98 Å².